The first-order chi connectivity index (χ1) is 14.9. The van der Waals surface area contributed by atoms with Crippen LogP contribution in [0.25, 0.3) is 0 Å². The van der Waals surface area contributed by atoms with Gasteiger partial charge < -0.3 is 4.90 Å². The minimum atomic E-state index is -3.55. The van der Waals surface area contributed by atoms with Crippen molar-refractivity contribution in [1.82, 2.24) is 14.1 Å². The SMILES string of the molecule is Cc1c(C)c(C)c(S(=O)(=O)N2CCN(Cc3cccc(C(=O)N(C)C)c3)CC2)c(C)c1C. The van der Waals surface area contributed by atoms with Crippen LogP contribution in [-0.4, -0.2) is 68.7 Å². The molecule has 1 fully saturated rings. The van der Waals surface area contributed by atoms with Crippen LogP contribution in [0, 0.1) is 34.6 Å². The first-order valence-corrected chi connectivity index (χ1v) is 12.5. The standard InChI is InChI=1S/C25H35N3O3S/c1-17-18(2)20(4)24(21(5)19(17)3)32(30,31)28-13-11-27(12-14-28)16-22-9-8-10-23(15-22)25(29)26(6)7/h8-10,15H,11-14,16H2,1-7H3. The van der Waals surface area contributed by atoms with Gasteiger partial charge in [0.15, 0.2) is 0 Å². The maximum Gasteiger partial charge on any atom is 0.253 e. The van der Waals surface area contributed by atoms with Crippen LogP contribution >= 0.6 is 0 Å². The number of amides is 1. The van der Waals surface area contributed by atoms with Crippen LogP contribution < -0.4 is 0 Å². The number of piperazine rings is 1. The zero-order valence-electron chi connectivity index (χ0n) is 20.3. The van der Waals surface area contributed by atoms with E-state index in [-0.39, 0.29) is 5.91 Å². The summed E-state index contributed by atoms with van der Waals surface area (Å²) < 4.78 is 28.7. The Morgan fingerprint density at radius 3 is 1.94 bits per heavy atom. The summed E-state index contributed by atoms with van der Waals surface area (Å²) in [6.07, 6.45) is 0. The summed E-state index contributed by atoms with van der Waals surface area (Å²) in [4.78, 5) is 16.5. The molecule has 1 saturated heterocycles. The van der Waals surface area contributed by atoms with Crippen molar-refractivity contribution in [3.63, 3.8) is 0 Å². The number of sulfonamides is 1. The number of nitrogens with zero attached hydrogens (tertiary/aromatic N) is 3. The van der Waals surface area contributed by atoms with Gasteiger partial charge in [0.05, 0.1) is 4.90 Å². The van der Waals surface area contributed by atoms with E-state index in [4.69, 9.17) is 0 Å². The van der Waals surface area contributed by atoms with E-state index in [0.717, 1.165) is 27.8 Å². The fourth-order valence-electron chi connectivity index (χ4n) is 4.43. The van der Waals surface area contributed by atoms with Crippen molar-refractivity contribution < 1.29 is 13.2 Å². The summed E-state index contributed by atoms with van der Waals surface area (Å²) in [5, 5.41) is 0. The van der Waals surface area contributed by atoms with E-state index in [1.165, 1.54) is 5.56 Å². The molecule has 0 saturated carbocycles. The summed E-state index contributed by atoms with van der Waals surface area (Å²) in [7, 11) is -0.0621. The van der Waals surface area contributed by atoms with E-state index < -0.39 is 10.0 Å². The van der Waals surface area contributed by atoms with Crippen molar-refractivity contribution in [3.05, 3.63) is 63.2 Å². The fraction of sp³-hybridized carbons (Fsp3) is 0.480. The molecule has 0 unspecified atom stereocenters. The molecule has 1 heterocycles. The lowest BCUT2D eigenvalue weighted by molar-refractivity contribution is 0.0827. The quantitative estimate of drug-likeness (QED) is 0.690. The Bertz CT molecular complexity index is 1100. The molecule has 1 amide bonds. The van der Waals surface area contributed by atoms with Crippen LogP contribution in [0.2, 0.25) is 0 Å². The summed E-state index contributed by atoms with van der Waals surface area (Å²) in [6, 6.07) is 7.67. The van der Waals surface area contributed by atoms with Gasteiger partial charge in [-0.25, -0.2) is 8.42 Å². The number of hydrogen-bond acceptors (Lipinski definition) is 4. The molecule has 0 aromatic heterocycles. The Morgan fingerprint density at radius 1 is 0.875 bits per heavy atom. The van der Waals surface area contributed by atoms with Gasteiger partial charge in [-0.05, 0) is 80.1 Å². The molecule has 0 bridgehead atoms. The Kier molecular flexibility index (Phi) is 7.12. The molecule has 3 rings (SSSR count). The maximum atomic E-state index is 13.6. The van der Waals surface area contributed by atoms with E-state index in [1.54, 1.807) is 23.3 Å². The minimum Gasteiger partial charge on any atom is -0.345 e. The van der Waals surface area contributed by atoms with Gasteiger partial charge in [0.2, 0.25) is 10.0 Å². The van der Waals surface area contributed by atoms with E-state index >= 15 is 0 Å². The lowest BCUT2D eigenvalue weighted by Crippen LogP contribution is -2.48. The summed E-state index contributed by atoms with van der Waals surface area (Å²) in [5.74, 6) is -0.0165. The third kappa shape index (κ3) is 4.60. The number of carbonyl (C=O) groups is 1. The Morgan fingerprint density at radius 2 is 1.41 bits per heavy atom. The zero-order valence-corrected chi connectivity index (χ0v) is 21.1. The van der Waals surface area contributed by atoms with Crippen molar-refractivity contribution in [1.29, 1.82) is 0 Å². The summed E-state index contributed by atoms with van der Waals surface area (Å²) in [6.45, 7) is 12.8. The van der Waals surface area contributed by atoms with Crippen LogP contribution in [-0.2, 0) is 16.6 Å². The predicted octanol–water partition coefficient (Wildman–Crippen LogP) is 3.44. The number of rotatable bonds is 5. The average Bonchev–Trinajstić information content (AvgIpc) is 2.76. The molecule has 2 aromatic rings. The van der Waals surface area contributed by atoms with Crippen molar-refractivity contribution >= 4 is 15.9 Å². The molecule has 1 aliphatic rings. The molecular formula is C25H35N3O3S. The minimum absolute atomic E-state index is 0.0165. The van der Waals surface area contributed by atoms with E-state index in [1.807, 2.05) is 52.0 Å². The van der Waals surface area contributed by atoms with Gasteiger partial charge >= 0.3 is 0 Å². The second kappa shape index (κ2) is 9.33. The highest BCUT2D eigenvalue weighted by Gasteiger charge is 2.32. The second-order valence-corrected chi connectivity index (χ2v) is 10.9. The fourth-order valence-corrected chi connectivity index (χ4v) is 6.41. The highest BCUT2D eigenvalue weighted by Crippen LogP contribution is 2.32. The molecule has 32 heavy (non-hydrogen) atoms. The van der Waals surface area contributed by atoms with Gasteiger partial charge in [-0.2, -0.15) is 4.31 Å². The molecule has 7 heteroatoms. The van der Waals surface area contributed by atoms with Gasteiger partial charge in [-0.15, -0.1) is 0 Å². The molecular weight excluding hydrogens is 422 g/mol. The van der Waals surface area contributed by atoms with Crippen LogP contribution in [0.4, 0.5) is 0 Å². The van der Waals surface area contributed by atoms with Crippen LogP contribution in [0.5, 0.6) is 0 Å². The summed E-state index contributed by atoms with van der Waals surface area (Å²) in [5.41, 5.74) is 6.72. The smallest absolute Gasteiger partial charge is 0.253 e. The predicted molar refractivity (Wildman–Crippen MR) is 129 cm³/mol. The Labute approximate surface area is 192 Å². The Hall–Kier alpha value is -2.22. The molecule has 0 radical (unpaired) electrons. The van der Waals surface area contributed by atoms with Crippen LogP contribution in [0.15, 0.2) is 29.2 Å². The highest BCUT2D eigenvalue weighted by atomic mass is 32.2. The van der Waals surface area contributed by atoms with Crippen LogP contribution in [0.1, 0.15) is 43.7 Å². The van der Waals surface area contributed by atoms with E-state index in [2.05, 4.69) is 11.8 Å². The van der Waals surface area contributed by atoms with Crippen molar-refractivity contribution in [3.8, 4) is 0 Å². The summed E-state index contributed by atoms with van der Waals surface area (Å²) >= 11 is 0. The molecule has 0 N–H and O–H groups in total. The molecule has 2 aromatic carbocycles. The van der Waals surface area contributed by atoms with Crippen molar-refractivity contribution in [2.45, 2.75) is 46.1 Å². The number of hydrogen-bond donors (Lipinski definition) is 0. The first kappa shape index (κ1) is 24.4. The van der Waals surface area contributed by atoms with E-state index in [9.17, 15) is 13.2 Å². The van der Waals surface area contributed by atoms with Crippen molar-refractivity contribution in [2.75, 3.05) is 40.3 Å². The third-order valence-corrected chi connectivity index (χ3v) is 9.02. The zero-order chi connectivity index (χ0) is 23.8. The van der Waals surface area contributed by atoms with E-state index in [0.29, 0.717) is 43.2 Å². The maximum absolute atomic E-state index is 13.6. The Balaban J connectivity index is 1.74. The molecule has 0 aliphatic carbocycles. The van der Waals surface area contributed by atoms with Gasteiger partial charge in [0.1, 0.15) is 0 Å². The van der Waals surface area contributed by atoms with Gasteiger partial charge in [-0.1, -0.05) is 12.1 Å². The number of benzene rings is 2. The normalized spacial score (nSPS) is 15.7. The third-order valence-electron chi connectivity index (χ3n) is 6.85. The topological polar surface area (TPSA) is 60.9 Å². The number of carbonyl (C=O) groups excluding carboxylic acids is 1. The lowest BCUT2D eigenvalue weighted by atomic mass is 9.95. The molecule has 1 aliphatic heterocycles. The second-order valence-electron chi connectivity index (χ2n) is 9.03. The molecule has 174 valence electrons. The highest BCUT2D eigenvalue weighted by molar-refractivity contribution is 7.89. The molecule has 0 spiro atoms. The largest absolute Gasteiger partial charge is 0.345 e. The molecule has 6 nitrogen and oxygen atoms in total. The average molecular weight is 458 g/mol. The van der Waals surface area contributed by atoms with Gasteiger partial charge in [0, 0.05) is 52.4 Å². The van der Waals surface area contributed by atoms with Crippen molar-refractivity contribution in [2.24, 2.45) is 0 Å². The molecule has 0 atom stereocenters. The first-order valence-electron chi connectivity index (χ1n) is 11.0. The van der Waals surface area contributed by atoms with Gasteiger partial charge in [0.25, 0.3) is 5.91 Å². The monoisotopic (exact) mass is 457 g/mol. The lowest BCUT2D eigenvalue weighted by Gasteiger charge is -2.35. The van der Waals surface area contributed by atoms with Gasteiger partial charge in [-0.3, -0.25) is 9.69 Å². The van der Waals surface area contributed by atoms with Crippen LogP contribution in [0.3, 0.4) is 0 Å².